The summed E-state index contributed by atoms with van der Waals surface area (Å²) in [7, 11) is 3.91. The van der Waals surface area contributed by atoms with Crippen LogP contribution in [0.5, 0.6) is 0 Å². The molecule has 0 amide bonds. The van der Waals surface area contributed by atoms with Crippen molar-refractivity contribution in [3.63, 3.8) is 0 Å². The van der Waals surface area contributed by atoms with E-state index in [1.165, 1.54) is 0 Å². The Bertz CT molecular complexity index is 1010. The maximum atomic E-state index is 12.7. The van der Waals surface area contributed by atoms with Gasteiger partial charge in [-0.15, -0.1) is 0 Å². The molecule has 2 unspecified atom stereocenters. The lowest BCUT2D eigenvalue weighted by Gasteiger charge is -2.36. The van der Waals surface area contributed by atoms with Crippen molar-refractivity contribution in [3.05, 3.63) is 68.0 Å². The summed E-state index contributed by atoms with van der Waals surface area (Å²) in [6, 6.07) is 7.82. The van der Waals surface area contributed by atoms with Crippen LogP contribution >= 0.6 is 0 Å². The second kappa shape index (κ2) is 6.01. The van der Waals surface area contributed by atoms with Crippen molar-refractivity contribution < 1.29 is 4.79 Å². The zero-order valence-corrected chi connectivity index (χ0v) is 14.6. The molecule has 134 valence electrons. The third-order valence-electron chi connectivity index (χ3n) is 5.10. The zero-order valence-electron chi connectivity index (χ0n) is 14.6. The third kappa shape index (κ3) is 2.56. The Kier molecular flexibility index (Phi) is 3.79. The number of rotatable bonds is 2. The molecule has 1 aromatic carbocycles. The highest BCUT2D eigenvalue weighted by molar-refractivity contribution is 5.89. The summed E-state index contributed by atoms with van der Waals surface area (Å²) in [5, 5.41) is 3.10. The standard InChI is InChI=1S/C19H20N4O3/c1-23(2)11-8-6-10(7-9-11)14-15-12(4-3-5-13(15)24)20-17-16(14)18(25)22-19(26)21-17/h4,6-9,14-15H,3,5H2,1-2H3,(H3,20,21,22,25,26). The number of nitrogens with one attached hydrogen (secondary N) is 3. The van der Waals surface area contributed by atoms with E-state index in [-0.39, 0.29) is 5.78 Å². The summed E-state index contributed by atoms with van der Waals surface area (Å²) in [6.07, 6.45) is 3.10. The average molecular weight is 352 g/mol. The van der Waals surface area contributed by atoms with Crippen LogP contribution in [0, 0.1) is 5.92 Å². The molecule has 26 heavy (non-hydrogen) atoms. The highest BCUT2D eigenvalue weighted by Crippen LogP contribution is 2.44. The average Bonchev–Trinajstić information content (AvgIpc) is 2.60. The van der Waals surface area contributed by atoms with Crippen LogP contribution in [0.4, 0.5) is 11.5 Å². The lowest BCUT2D eigenvalue weighted by molar-refractivity contribution is -0.122. The number of H-pyrrole nitrogens is 2. The van der Waals surface area contributed by atoms with Crippen LogP contribution < -0.4 is 21.5 Å². The van der Waals surface area contributed by atoms with Gasteiger partial charge < -0.3 is 10.2 Å². The van der Waals surface area contributed by atoms with Gasteiger partial charge in [0, 0.05) is 37.8 Å². The van der Waals surface area contributed by atoms with Crippen molar-refractivity contribution >= 4 is 17.3 Å². The van der Waals surface area contributed by atoms with E-state index in [0.29, 0.717) is 24.2 Å². The summed E-state index contributed by atoms with van der Waals surface area (Å²) >= 11 is 0. The fraction of sp³-hybridized carbons (Fsp3) is 0.316. The Hall–Kier alpha value is -3.09. The number of nitrogens with zero attached hydrogens (tertiary/aromatic N) is 1. The molecule has 7 heteroatoms. The molecule has 2 heterocycles. The molecule has 2 atom stereocenters. The molecule has 1 aromatic heterocycles. The minimum atomic E-state index is -0.566. The van der Waals surface area contributed by atoms with Gasteiger partial charge in [-0.3, -0.25) is 19.6 Å². The predicted octanol–water partition coefficient (Wildman–Crippen LogP) is 1.55. The number of hydrogen-bond donors (Lipinski definition) is 3. The van der Waals surface area contributed by atoms with Gasteiger partial charge in [0.1, 0.15) is 11.6 Å². The normalized spacial score (nSPS) is 21.3. The molecular weight excluding hydrogens is 332 g/mol. The monoisotopic (exact) mass is 352 g/mol. The molecule has 2 aliphatic rings. The van der Waals surface area contributed by atoms with E-state index in [1.807, 2.05) is 49.3 Å². The molecule has 0 saturated heterocycles. The van der Waals surface area contributed by atoms with Gasteiger partial charge in [-0.1, -0.05) is 18.2 Å². The SMILES string of the molecule is CN(C)c1ccc(C2c3c([nH]c(=O)[nH]c3=O)NC3=CCCC(=O)C32)cc1. The molecule has 0 bridgehead atoms. The van der Waals surface area contributed by atoms with Gasteiger partial charge in [0.25, 0.3) is 5.56 Å². The second-order valence-electron chi connectivity index (χ2n) is 6.93. The summed E-state index contributed by atoms with van der Waals surface area (Å²) in [5.74, 6) is -0.388. The molecule has 0 radical (unpaired) electrons. The van der Waals surface area contributed by atoms with E-state index in [0.717, 1.165) is 16.9 Å². The van der Waals surface area contributed by atoms with Crippen LogP contribution in [0.3, 0.4) is 0 Å². The maximum absolute atomic E-state index is 12.7. The topological polar surface area (TPSA) is 98.1 Å². The molecule has 3 N–H and O–H groups in total. The Morgan fingerprint density at radius 2 is 1.73 bits per heavy atom. The van der Waals surface area contributed by atoms with E-state index in [2.05, 4.69) is 15.3 Å². The van der Waals surface area contributed by atoms with Gasteiger partial charge in [-0.2, -0.15) is 0 Å². The minimum Gasteiger partial charge on any atom is -0.378 e. The number of Topliss-reactive ketones (excluding diaryl/α,β-unsaturated/α-hetero) is 1. The number of ketones is 1. The Morgan fingerprint density at radius 3 is 2.42 bits per heavy atom. The lowest BCUT2D eigenvalue weighted by atomic mass is 9.72. The number of carbonyl (C=O) groups excluding carboxylic acids is 1. The molecule has 0 fully saturated rings. The smallest absolute Gasteiger partial charge is 0.327 e. The molecule has 7 nitrogen and oxygen atoms in total. The van der Waals surface area contributed by atoms with E-state index in [1.54, 1.807) is 0 Å². The largest absolute Gasteiger partial charge is 0.378 e. The minimum absolute atomic E-state index is 0.105. The van der Waals surface area contributed by atoms with Gasteiger partial charge in [0.05, 0.1) is 11.5 Å². The first kappa shape index (κ1) is 16.4. The van der Waals surface area contributed by atoms with E-state index < -0.39 is 23.1 Å². The van der Waals surface area contributed by atoms with Crippen LogP contribution in [0.25, 0.3) is 0 Å². The van der Waals surface area contributed by atoms with E-state index >= 15 is 0 Å². The predicted molar refractivity (Wildman–Crippen MR) is 99.7 cm³/mol. The summed E-state index contributed by atoms with van der Waals surface area (Å²) < 4.78 is 0. The number of allylic oxidation sites excluding steroid dienone is 2. The van der Waals surface area contributed by atoms with Crippen molar-refractivity contribution in [2.75, 3.05) is 24.3 Å². The van der Waals surface area contributed by atoms with Crippen LogP contribution in [0.15, 0.2) is 45.6 Å². The number of anilines is 2. The number of aromatic amines is 2. The summed E-state index contributed by atoms with van der Waals surface area (Å²) in [5.41, 5.74) is 2.04. The van der Waals surface area contributed by atoms with Crippen molar-refractivity contribution in [2.24, 2.45) is 5.92 Å². The lowest BCUT2D eigenvalue weighted by Crippen LogP contribution is -2.40. The first-order chi connectivity index (χ1) is 12.5. The number of aromatic nitrogens is 2. The molecular formula is C19H20N4O3. The van der Waals surface area contributed by atoms with Crippen LogP contribution in [-0.4, -0.2) is 29.8 Å². The fourth-order valence-corrected chi connectivity index (χ4v) is 3.86. The van der Waals surface area contributed by atoms with Gasteiger partial charge >= 0.3 is 5.69 Å². The van der Waals surface area contributed by atoms with Crippen LogP contribution in [0.1, 0.15) is 29.9 Å². The van der Waals surface area contributed by atoms with Crippen molar-refractivity contribution in [1.82, 2.24) is 9.97 Å². The highest BCUT2D eigenvalue weighted by atomic mass is 16.2. The Balaban J connectivity index is 1.93. The van der Waals surface area contributed by atoms with Gasteiger partial charge in [-0.25, -0.2) is 4.79 Å². The molecule has 4 rings (SSSR count). The van der Waals surface area contributed by atoms with Crippen LogP contribution in [0.2, 0.25) is 0 Å². The second-order valence-corrected chi connectivity index (χ2v) is 6.93. The molecule has 0 spiro atoms. The van der Waals surface area contributed by atoms with E-state index in [4.69, 9.17) is 0 Å². The summed E-state index contributed by atoms with van der Waals surface area (Å²) in [4.78, 5) is 43.9. The quantitative estimate of drug-likeness (QED) is 0.762. The van der Waals surface area contributed by atoms with Crippen molar-refractivity contribution in [1.29, 1.82) is 0 Å². The van der Waals surface area contributed by atoms with Gasteiger partial charge in [-0.05, 0) is 24.1 Å². The zero-order chi connectivity index (χ0) is 18.4. The third-order valence-corrected chi connectivity index (χ3v) is 5.10. The highest BCUT2D eigenvalue weighted by Gasteiger charge is 2.41. The first-order valence-electron chi connectivity index (χ1n) is 8.59. The number of fused-ring (bicyclic) bond motifs is 2. The van der Waals surface area contributed by atoms with Crippen molar-refractivity contribution in [2.45, 2.75) is 18.8 Å². The van der Waals surface area contributed by atoms with Crippen LogP contribution in [-0.2, 0) is 4.79 Å². The molecule has 0 saturated carbocycles. The molecule has 1 aliphatic heterocycles. The molecule has 1 aliphatic carbocycles. The number of carbonyl (C=O) groups is 1. The first-order valence-corrected chi connectivity index (χ1v) is 8.59. The molecule has 2 aromatic rings. The maximum Gasteiger partial charge on any atom is 0.327 e. The van der Waals surface area contributed by atoms with Gasteiger partial charge in [0.2, 0.25) is 0 Å². The van der Waals surface area contributed by atoms with E-state index in [9.17, 15) is 14.4 Å². The Morgan fingerprint density at radius 1 is 1.00 bits per heavy atom. The Labute approximate surface area is 149 Å². The fourth-order valence-electron chi connectivity index (χ4n) is 3.86. The number of benzene rings is 1. The van der Waals surface area contributed by atoms with Gasteiger partial charge in [0.15, 0.2) is 0 Å². The summed E-state index contributed by atoms with van der Waals surface area (Å²) in [6.45, 7) is 0. The number of hydrogen-bond acceptors (Lipinski definition) is 5. The van der Waals surface area contributed by atoms with Crippen molar-refractivity contribution in [3.8, 4) is 0 Å².